The van der Waals surface area contributed by atoms with Crippen molar-refractivity contribution < 1.29 is 14.3 Å². The normalized spacial score (nSPS) is 14.6. The summed E-state index contributed by atoms with van der Waals surface area (Å²) in [5.41, 5.74) is 1.01. The van der Waals surface area contributed by atoms with E-state index < -0.39 is 0 Å². The first-order chi connectivity index (χ1) is 12.5. The lowest BCUT2D eigenvalue weighted by Gasteiger charge is -2.34. The van der Waals surface area contributed by atoms with Crippen molar-refractivity contribution in [1.82, 2.24) is 19.6 Å². The molecule has 0 radical (unpaired) electrons. The van der Waals surface area contributed by atoms with Gasteiger partial charge in [-0.15, -0.1) is 0 Å². The molecule has 1 fully saturated rings. The van der Waals surface area contributed by atoms with E-state index in [0.29, 0.717) is 37.6 Å². The van der Waals surface area contributed by atoms with Crippen LogP contribution in [0.15, 0.2) is 36.7 Å². The molecule has 0 atom stereocenters. The third-order valence-corrected chi connectivity index (χ3v) is 4.53. The van der Waals surface area contributed by atoms with E-state index in [9.17, 15) is 9.59 Å². The van der Waals surface area contributed by atoms with Gasteiger partial charge in [-0.3, -0.25) is 14.3 Å². The van der Waals surface area contributed by atoms with Crippen LogP contribution in [-0.2, 0) is 22.7 Å². The third-order valence-electron chi connectivity index (χ3n) is 4.34. The summed E-state index contributed by atoms with van der Waals surface area (Å²) in [6.07, 6.45) is 3.50. The van der Waals surface area contributed by atoms with E-state index in [1.807, 2.05) is 24.3 Å². The van der Waals surface area contributed by atoms with Gasteiger partial charge in [-0.2, -0.15) is 5.10 Å². The Morgan fingerprint density at radius 1 is 1.35 bits per heavy atom. The molecular formula is C18H21ClN4O3. The molecule has 2 heterocycles. The van der Waals surface area contributed by atoms with Gasteiger partial charge >= 0.3 is 0 Å². The van der Waals surface area contributed by atoms with Crippen LogP contribution >= 0.6 is 11.6 Å². The zero-order valence-corrected chi connectivity index (χ0v) is 15.4. The van der Waals surface area contributed by atoms with E-state index in [1.54, 1.807) is 27.8 Å². The van der Waals surface area contributed by atoms with Crippen LogP contribution in [-0.4, -0.2) is 58.1 Å². The van der Waals surface area contributed by atoms with E-state index in [1.165, 1.54) is 6.20 Å². The molecule has 26 heavy (non-hydrogen) atoms. The average molecular weight is 377 g/mol. The fourth-order valence-corrected chi connectivity index (χ4v) is 3.06. The first-order valence-corrected chi connectivity index (χ1v) is 8.79. The van der Waals surface area contributed by atoms with Gasteiger partial charge in [-0.1, -0.05) is 23.7 Å². The molecule has 138 valence electrons. The molecule has 1 aromatic carbocycles. The third kappa shape index (κ3) is 4.54. The fourth-order valence-electron chi connectivity index (χ4n) is 2.91. The highest BCUT2D eigenvalue weighted by molar-refractivity contribution is 6.30. The number of aromatic nitrogens is 2. The van der Waals surface area contributed by atoms with Crippen molar-refractivity contribution in [1.29, 1.82) is 0 Å². The second kappa shape index (κ2) is 8.23. The van der Waals surface area contributed by atoms with Crippen molar-refractivity contribution in [3.63, 3.8) is 0 Å². The molecule has 1 aliphatic rings. The Bertz CT molecular complexity index is 792. The Labute approximate surface area is 157 Å². The van der Waals surface area contributed by atoms with Crippen LogP contribution in [0.5, 0.6) is 5.75 Å². The number of hydrogen-bond donors (Lipinski definition) is 0. The first kappa shape index (κ1) is 18.3. The van der Waals surface area contributed by atoms with Crippen molar-refractivity contribution >= 4 is 23.4 Å². The minimum atomic E-state index is -0.0500. The summed E-state index contributed by atoms with van der Waals surface area (Å²) in [5.74, 6) is 0.669. The Balaban J connectivity index is 1.51. The zero-order valence-electron chi connectivity index (χ0n) is 14.6. The molecule has 3 rings (SSSR count). The fraction of sp³-hybridized carbons (Fsp3) is 0.389. The van der Waals surface area contributed by atoms with E-state index in [2.05, 4.69) is 5.10 Å². The maximum Gasteiger partial charge on any atom is 0.242 e. The van der Waals surface area contributed by atoms with Gasteiger partial charge in [0.15, 0.2) is 0 Å². The van der Waals surface area contributed by atoms with Crippen molar-refractivity contribution in [2.75, 3.05) is 26.7 Å². The van der Waals surface area contributed by atoms with Gasteiger partial charge in [0.1, 0.15) is 5.75 Å². The van der Waals surface area contributed by atoms with Crippen molar-refractivity contribution in [2.45, 2.75) is 19.5 Å². The highest BCUT2D eigenvalue weighted by Crippen LogP contribution is 2.16. The first-order valence-electron chi connectivity index (χ1n) is 8.41. The number of benzene rings is 1. The largest absolute Gasteiger partial charge is 0.497 e. The minimum absolute atomic E-state index is 0.0467. The van der Waals surface area contributed by atoms with Crippen LogP contribution in [0.2, 0.25) is 5.02 Å². The molecule has 0 spiro atoms. The predicted octanol–water partition coefficient (Wildman–Crippen LogP) is 1.81. The Morgan fingerprint density at radius 2 is 2.19 bits per heavy atom. The molecule has 0 saturated carbocycles. The van der Waals surface area contributed by atoms with Crippen LogP contribution < -0.4 is 4.74 Å². The monoisotopic (exact) mass is 376 g/mol. The molecule has 7 nitrogen and oxygen atoms in total. The lowest BCUT2D eigenvalue weighted by atomic mass is 10.1. The number of aryl methyl sites for hydroxylation is 1. The van der Waals surface area contributed by atoms with E-state index >= 15 is 0 Å². The van der Waals surface area contributed by atoms with Gasteiger partial charge in [0.2, 0.25) is 11.8 Å². The highest BCUT2D eigenvalue weighted by Gasteiger charge is 2.26. The van der Waals surface area contributed by atoms with E-state index in [4.69, 9.17) is 16.3 Å². The van der Waals surface area contributed by atoms with Crippen LogP contribution in [0.4, 0.5) is 0 Å². The number of nitrogens with zero attached hydrogens (tertiary/aromatic N) is 4. The zero-order chi connectivity index (χ0) is 18.5. The number of ether oxygens (including phenoxy) is 1. The number of methoxy groups -OCH3 is 1. The van der Waals surface area contributed by atoms with Gasteiger partial charge in [0, 0.05) is 38.8 Å². The summed E-state index contributed by atoms with van der Waals surface area (Å²) >= 11 is 5.81. The molecule has 0 N–H and O–H groups in total. The summed E-state index contributed by atoms with van der Waals surface area (Å²) in [7, 11) is 1.62. The molecule has 1 aromatic heterocycles. The second-order valence-electron chi connectivity index (χ2n) is 6.15. The standard InChI is InChI=1S/C18H21ClN4O3/c1-26-16-4-2-3-14(9-16)11-21-7-8-22(13-18(21)25)17(24)5-6-23-12-15(19)10-20-23/h2-4,9-10,12H,5-8,11,13H2,1H3. The maximum absolute atomic E-state index is 12.4. The van der Waals surface area contributed by atoms with Crippen molar-refractivity contribution in [3.05, 3.63) is 47.2 Å². The molecule has 1 aliphatic heterocycles. The molecule has 0 unspecified atom stereocenters. The molecule has 0 aliphatic carbocycles. The maximum atomic E-state index is 12.4. The smallest absolute Gasteiger partial charge is 0.242 e. The van der Waals surface area contributed by atoms with Gasteiger partial charge in [-0.05, 0) is 17.7 Å². The Hall–Kier alpha value is -2.54. The quantitative estimate of drug-likeness (QED) is 0.771. The lowest BCUT2D eigenvalue weighted by Crippen LogP contribution is -2.51. The van der Waals surface area contributed by atoms with Gasteiger partial charge in [-0.25, -0.2) is 0 Å². The van der Waals surface area contributed by atoms with Gasteiger partial charge < -0.3 is 14.5 Å². The van der Waals surface area contributed by atoms with Gasteiger partial charge in [0.05, 0.1) is 24.9 Å². The number of carbonyl (C=O) groups is 2. The highest BCUT2D eigenvalue weighted by atomic mass is 35.5. The summed E-state index contributed by atoms with van der Waals surface area (Å²) in [4.78, 5) is 28.1. The molecule has 2 aromatic rings. The average Bonchev–Trinajstić information content (AvgIpc) is 3.07. The molecule has 0 bridgehead atoms. The van der Waals surface area contributed by atoms with E-state index in [0.717, 1.165) is 11.3 Å². The lowest BCUT2D eigenvalue weighted by molar-refractivity contribution is -0.145. The number of rotatable bonds is 6. The summed E-state index contributed by atoms with van der Waals surface area (Å²) < 4.78 is 6.84. The number of amides is 2. The van der Waals surface area contributed by atoms with Crippen LogP contribution in [0.3, 0.4) is 0 Å². The number of halogens is 1. The number of carbonyl (C=O) groups excluding carboxylic acids is 2. The topological polar surface area (TPSA) is 67.7 Å². The Morgan fingerprint density at radius 3 is 2.88 bits per heavy atom. The molecule has 1 saturated heterocycles. The van der Waals surface area contributed by atoms with Crippen LogP contribution in [0.25, 0.3) is 0 Å². The van der Waals surface area contributed by atoms with Crippen LogP contribution in [0.1, 0.15) is 12.0 Å². The Kier molecular flexibility index (Phi) is 5.78. The van der Waals surface area contributed by atoms with E-state index in [-0.39, 0.29) is 18.4 Å². The predicted molar refractivity (Wildman–Crippen MR) is 96.8 cm³/mol. The van der Waals surface area contributed by atoms with Crippen molar-refractivity contribution in [2.24, 2.45) is 0 Å². The minimum Gasteiger partial charge on any atom is -0.497 e. The van der Waals surface area contributed by atoms with Gasteiger partial charge in [0.25, 0.3) is 0 Å². The summed E-state index contributed by atoms with van der Waals surface area (Å²) in [6.45, 7) is 2.14. The summed E-state index contributed by atoms with van der Waals surface area (Å²) in [5, 5.41) is 4.59. The van der Waals surface area contributed by atoms with Crippen molar-refractivity contribution in [3.8, 4) is 5.75 Å². The van der Waals surface area contributed by atoms with Crippen LogP contribution in [0, 0.1) is 0 Å². The number of piperazine rings is 1. The SMILES string of the molecule is COc1cccc(CN2CCN(C(=O)CCn3cc(Cl)cn3)CC2=O)c1. The number of hydrogen-bond acceptors (Lipinski definition) is 4. The molecule has 8 heteroatoms. The molecule has 2 amide bonds. The second-order valence-corrected chi connectivity index (χ2v) is 6.59. The molecular weight excluding hydrogens is 356 g/mol. The summed E-state index contributed by atoms with van der Waals surface area (Å²) in [6, 6.07) is 7.65.